The summed E-state index contributed by atoms with van der Waals surface area (Å²) < 4.78 is 0. The molecule has 3 rings (SSSR count). The standard InChI is InChI=1S/C21H34N4O/c1-15-12-18(25-11-10-24-9-7-6-8-17(24)14-25)22-16(2)20(15)23-19(26)13-21(3,4)5/h12,17H,6-11,13-14H2,1-5H3,(H,23,26)/t17-/m0/s1. The van der Waals surface area contributed by atoms with Crippen molar-refractivity contribution in [3.63, 3.8) is 0 Å². The van der Waals surface area contributed by atoms with Gasteiger partial charge in [0, 0.05) is 32.1 Å². The number of nitrogens with zero attached hydrogens (tertiary/aromatic N) is 3. The fourth-order valence-electron chi connectivity index (χ4n) is 4.19. The second-order valence-corrected chi connectivity index (χ2v) is 9.17. The molecule has 2 saturated heterocycles. The molecule has 2 fully saturated rings. The third-order valence-corrected chi connectivity index (χ3v) is 5.50. The smallest absolute Gasteiger partial charge is 0.224 e. The van der Waals surface area contributed by atoms with Crippen LogP contribution in [-0.2, 0) is 4.79 Å². The van der Waals surface area contributed by atoms with Crippen LogP contribution >= 0.6 is 0 Å². The van der Waals surface area contributed by atoms with E-state index in [0.29, 0.717) is 12.5 Å². The van der Waals surface area contributed by atoms with Crippen LogP contribution in [0.2, 0.25) is 0 Å². The summed E-state index contributed by atoms with van der Waals surface area (Å²) in [5.41, 5.74) is 2.87. The Morgan fingerprint density at radius 2 is 2.00 bits per heavy atom. The lowest BCUT2D eigenvalue weighted by atomic mass is 9.92. The normalized spacial score (nSPS) is 21.4. The van der Waals surface area contributed by atoms with Crippen LogP contribution in [0.4, 0.5) is 11.5 Å². The maximum atomic E-state index is 12.3. The highest BCUT2D eigenvalue weighted by Crippen LogP contribution is 2.28. The number of piperidine rings is 1. The van der Waals surface area contributed by atoms with Gasteiger partial charge in [0.1, 0.15) is 5.82 Å². The maximum absolute atomic E-state index is 12.3. The molecule has 0 radical (unpaired) electrons. The van der Waals surface area contributed by atoms with Crippen molar-refractivity contribution >= 4 is 17.4 Å². The number of aryl methyl sites for hydroxylation is 2. The molecular formula is C21H34N4O. The van der Waals surface area contributed by atoms with E-state index in [1.54, 1.807) is 0 Å². The van der Waals surface area contributed by atoms with Crippen LogP contribution in [0.1, 0.15) is 57.7 Å². The van der Waals surface area contributed by atoms with Crippen molar-refractivity contribution in [2.45, 2.75) is 66.3 Å². The number of amides is 1. The van der Waals surface area contributed by atoms with Gasteiger partial charge < -0.3 is 10.2 Å². The van der Waals surface area contributed by atoms with Crippen LogP contribution in [-0.4, -0.2) is 48.0 Å². The summed E-state index contributed by atoms with van der Waals surface area (Å²) in [6.07, 6.45) is 4.50. The Labute approximate surface area is 158 Å². The van der Waals surface area contributed by atoms with Crippen LogP contribution in [0.15, 0.2) is 6.07 Å². The van der Waals surface area contributed by atoms with E-state index in [-0.39, 0.29) is 11.3 Å². The summed E-state index contributed by atoms with van der Waals surface area (Å²) in [4.78, 5) is 22.2. The predicted octanol–water partition coefficient (Wildman–Crippen LogP) is 3.75. The minimum Gasteiger partial charge on any atom is -0.354 e. The first kappa shape index (κ1) is 19.2. The van der Waals surface area contributed by atoms with E-state index in [1.165, 1.54) is 25.8 Å². The Morgan fingerprint density at radius 1 is 1.23 bits per heavy atom. The second kappa shape index (κ2) is 7.55. The highest BCUT2D eigenvalue weighted by atomic mass is 16.1. The summed E-state index contributed by atoms with van der Waals surface area (Å²) in [5.74, 6) is 1.12. The van der Waals surface area contributed by atoms with Crippen LogP contribution in [0.5, 0.6) is 0 Å². The van der Waals surface area contributed by atoms with Gasteiger partial charge in [0.15, 0.2) is 0 Å². The Balaban J connectivity index is 1.72. The highest BCUT2D eigenvalue weighted by molar-refractivity contribution is 5.92. The van der Waals surface area contributed by atoms with Crippen LogP contribution in [0, 0.1) is 19.3 Å². The summed E-state index contributed by atoms with van der Waals surface area (Å²) in [6.45, 7) is 14.8. The number of fused-ring (bicyclic) bond motifs is 1. The van der Waals surface area contributed by atoms with Crippen LogP contribution < -0.4 is 10.2 Å². The third-order valence-electron chi connectivity index (χ3n) is 5.50. The van der Waals surface area contributed by atoms with Gasteiger partial charge in [-0.05, 0) is 50.3 Å². The van der Waals surface area contributed by atoms with Crippen molar-refractivity contribution in [1.29, 1.82) is 0 Å². The zero-order chi connectivity index (χ0) is 18.9. The summed E-state index contributed by atoms with van der Waals surface area (Å²) >= 11 is 0. The molecule has 1 amide bonds. The van der Waals surface area contributed by atoms with Crippen molar-refractivity contribution in [2.24, 2.45) is 5.41 Å². The summed E-state index contributed by atoms with van der Waals surface area (Å²) in [5, 5.41) is 3.08. The van der Waals surface area contributed by atoms with E-state index < -0.39 is 0 Å². The van der Waals surface area contributed by atoms with Crippen molar-refractivity contribution in [1.82, 2.24) is 9.88 Å². The lowest BCUT2D eigenvalue weighted by Crippen LogP contribution is -2.55. The molecule has 0 saturated carbocycles. The quantitative estimate of drug-likeness (QED) is 0.894. The van der Waals surface area contributed by atoms with Gasteiger partial charge in [-0.2, -0.15) is 0 Å². The molecule has 1 aromatic heterocycles. The van der Waals surface area contributed by atoms with Crippen molar-refractivity contribution in [2.75, 3.05) is 36.4 Å². The molecule has 1 aromatic rings. The molecule has 3 heterocycles. The predicted molar refractivity (Wildman–Crippen MR) is 108 cm³/mol. The number of pyridine rings is 1. The SMILES string of the molecule is Cc1cc(N2CCN3CCCC[C@H]3C2)nc(C)c1NC(=O)CC(C)(C)C. The number of rotatable bonds is 3. The van der Waals surface area contributed by atoms with E-state index in [9.17, 15) is 4.79 Å². The van der Waals surface area contributed by atoms with E-state index in [4.69, 9.17) is 4.98 Å². The highest BCUT2D eigenvalue weighted by Gasteiger charge is 2.29. The minimum atomic E-state index is -0.0149. The molecule has 0 aliphatic carbocycles. The Bertz CT molecular complexity index is 641. The van der Waals surface area contributed by atoms with Crippen LogP contribution in [0.3, 0.4) is 0 Å². The fourth-order valence-corrected chi connectivity index (χ4v) is 4.19. The van der Waals surface area contributed by atoms with Gasteiger partial charge in [-0.3, -0.25) is 9.69 Å². The van der Waals surface area contributed by atoms with E-state index in [2.05, 4.69) is 48.9 Å². The fraction of sp³-hybridized carbons (Fsp3) is 0.714. The van der Waals surface area contributed by atoms with Crippen molar-refractivity contribution in [3.8, 4) is 0 Å². The van der Waals surface area contributed by atoms with Gasteiger partial charge in [-0.25, -0.2) is 4.98 Å². The molecule has 5 heteroatoms. The molecule has 26 heavy (non-hydrogen) atoms. The van der Waals surface area contributed by atoms with Gasteiger partial charge in [-0.15, -0.1) is 0 Å². The lowest BCUT2D eigenvalue weighted by Gasteiger charge is -2.44. The van der Waals surface area contributed by atoms with Gasteiger partial charge in [0.05, 0.1) is 11.4 Å². The number of hydrogen-bond donors (Lipinski definition) is 1. The monoisotopic (exact) mass is 358 g/mol. The molecule has 2 aliphatic rings. The van der Waals surface area contributed by atoms with Gasteiger partial charge in [-0.1, -0.05) is 27.2 Å². The molecule has 0 spiro atoms. The third kappa shape index (κ3) is 4.56. The Morgan fingerprint density at radius 3 is 2.69 bits per heavy atom. The molecule has 2 aliphatic heterocycles. The van der Waals surface area contributed by atoms with E-state index >= 15 is 0 Å². The van der Waals surface area contributed by atoms with Crippen molar-refractivity contribution < 1.29 is 4.79 Å². The van der Waals surface area contributed by atoms with E-state index in [1.807, 2.05) is 6.92 Å². The molecular weight excluding hydrogens is 324 g/mol. The Hall–Kier alpha value is -1.62. The number of aromatic nitrogens is 1. The number of carbonyl (C=O) groups excluding carboxylic acids is 1. The summed E-state index contributed by atoms with van der Waals surface area (Å²) in [6, 6.07) is 2.81. The van der Waals surface area contributed by atoms with Gasteiger partial charge >= 0.3 is 0 Å². The van der Waals surface area contributed by atoms with E-state index in [0.717, 1.165) is 42.4 Å². The lowest BCUT2D eigenvalue weighted by molar-refractivity contribution is -0.117. The molecule has 0 aromatic carbocycles. The zero-order valence-corrected chi connectivity index (χ0v) is 17.1. The average molecular weight is 359 g/mol. The van der Waals surface area contributed by atoms with Crippen LogP contribution in [0.25, 0.3) is 0 Å². The number of nitrogens with one attached hydrogen (secondary N) is 1. The van der Waals surface area contributed by atoms with Gasteiger partial charge in [0.25, 0.3) is 0 Å². The molecule has 1 atom stereocenters. The molecule has 1 N–H and O–H groups in total. The largest absolute Gasteiger partial charge is 0.354 e. The van der Waals surface area contributed by atoms with Crippen molar-refractivity contribution in [3.05, 3.63) is 17.3 Å². The minimum absolute atomic E-state index is 0.0149. The topological polar surface area (TPSA) is 48.5 Å². The first-order chi connectivity index (χ1) is 12.2. The number of carbonyl (C=O) groups is 1. The van der Waals surface area contributed by atoms with Gasteiger partial charge in [0.2, 0.25) is 5.91 Å². The molecule has 5 nitrogen and oxygen atoms in total. The number of hydrogen-bond acceptors (Lipinski definition) is 4. The number of piperazine rings is 1. The maximum Gasteiger partial charge on any atom is 0.224 e. The molecule has 0 bridgehead atoms. The first-order valence-corrected chi connectivity index (χ1v) is 10.00. The average Bonchev–Trinajstić information content (AvgIpc) is 2.56. The zero-order valence-electron chi connectivity index (χ0n) is 17.1. The second-order valence-electron chi connectivity index (χ2n) is 9.17. The molecule has 144 valence electrons. The Kier molecular flexibility index (Phi) is 5.56. The number of anilines is 2. The first-order valence-electron chi connectivity index (χ1n) is 10.00. The summed E-state index contributed by atoms with van der Waals surface area (Å²) in [7, 11) is 0. The molecule has 0 unspecified atom stereocenters.